The Kier molecular flexibility index (Phi) is 6.60. The van der Waals surface area contributed by atoms with Crippen molar-refractivity contribution in [3.63, 3.8) is 0 Å². The molecule has 1 unspecified atom stereocenters. The van der Waals surface area contributed by atoms with Crippen molar-refractivity contribution in [2.75, 3.05) is 32.8 Å². The van der Waals surface area contributed by atoms with E-state index in [2.05, 4.69) is 78.6 Å². The number of carbonyl (C=O) groups excluding carboxylic acids is 1. The van der Waals surface area contributed by atoms with Crippen molar-refractivity contribution in [3.8, 4) is 0 Å². The van der Waals surface area contributed by atoms with Crippen LogP contribution < -0.4 is 0 Å². The van der Waals surface area contributed by atoms with E-state index in [1.165, 1.54) is 50.1 Å². The van der Waals surface area contributed by atoms with Gasteiger partial charge in [0.15, 0.2) is 0 Å². The zero-order valence-corrected chi connectivity index (χ0v) is 21.3. The lowest BCUT2D eigenvalue weighted by atomic mass is 9.90. The van der Waals surface area contributed by atoms with Crippen LogP contribution in [0.15, 0.2) is 60.7 Å². The summed E-state index contributed by atoms with van der Waals surface area (Å²) in [5.41, 5.74) is 11.8. The number of aryl methyl sites for hydroxylation is 3. The molecule has 184 valence electrons. The highest BCUT2D eigenvalue weighted by molar-refractivity contribution is 5.96. The lowest BCUT2D eigenvalue weighted by Crippen LogP contribution is -2.36. The lowest BCUT2D eigenvalue weighted by molar-refractivity contribution is -0.119. The smallest absolute Gasteiger partial charge is 0.144 e. The molecule has 3 heteroatoms. The van der Waals surface area contributed by atoms with Gasteiger partial charge in [-0.3, -0.25) is 9.69 Å². The molecule has 1 aliphatic heterocycles. The minimum absolute atomic E-state index is 0.0602. The van der Waals surface area contributed by atoms with Crippen molar-refractivity contribution in [2.24, 2.45) is 0 Å². The molecule has 2 aliphatic carbocycles. The Morgan fingerprint density at radius 2 is 1.72 bits per heavy atom. The summed E-state index contributed by atoms with van der Waals surface area (Å²) in [7, 11) is 0. The third-order valence-corrected chi connectivity index (χ3v) is 8.20. The zero-order chi connectivity index (χ0) is 24.5. The predicted octanol–water partition coefficient (Wildman–Crippen LogP) is 6.00. The van der Waals surface area contributed by atoms with E-state index in [0.29, 0.717) is 12.2 Å². The van der Waals surface area contributed by atoms with Gasteiger partial charge < -0.3 is 4.74 Å². The third-order valence-electron chi connectivity index (χ3n) is 8.20. The minimum atomic E-state index is 0.0602. The fraction of sp³-hybridized carbons (Fsp3) is 0.364. The number of hydrogen-bond acceptors (Lipinski definition) is 3. The van der Waals surface area contributed by atoms with Crippen molar-refractivity contribution >= 4 is 17.4 Å². The number of fused-ring (bicyclic) bond motifs is 3. The van der Waals surface area contributed by atoms with Gasteiger partial charge in [-0.2, -0.15) is 0 Å². The average molecular weight is 478 g/mol. The standard InChI is InChI=1S/C33H35NO2/c1-23-8-12-29-26(19-23)11-10-25-5-2-3-6-28(25)32(29)21-24-9-13-30-27(20-24)22-33(35)31(30)7-4-14-34-15-17-36-18-16-34/h2-3,5-6,8-9,12-13,19-21,31H,4,7,10-11,14-18,22H2,1H3. The molecule has 3 aromatic carbocycles. The summed E-state index contributed by atoms with van der Waals surface area (Å²) in [5, 5.41) is 0. The number of rotatable bonds is 5. The van der Waals surface area contributed by atoms with E-state index < -0.39 is 0 Å². The summed E-state index contributed by atoms with van der Waals surface area (Å²) < 4.78 is 5.46. The van der Waals surface area contributed by atoms with Crippen LogP contribution in [0.2, 0.25) is 0 Å². The maximum atomic E-state index is 13.0. The van der Waals surface area contributed by atoms with Crippen LogP contribution in [0.4, 0.5) is 0 Å². The second-order valence-electron chi connectivity index (χ2n) is 10.6. The Hall–Kier alpha value is -3.01. The Labute approximate surface area is 214 Å². The molecule has 1 fully saturated rings. The van der Waals surface area contributed by atoms with E-state index >= 15 is 0 Å². The largest absolute Gasteiger partial charge is 0.379 e. The zero-order valence-electron chi connectivity index (χ0n) is 21.3. The van der Waals surface area contributed by atoms with E-state index in [0.717, 1.165) is 58.5 Å². The molecule has 36 heavy (non-hydrogen) atoms. The predicted molar refractivity (Wildman–Crippen MR) is 146 cm³/mol. The van der Waals surface area contributed by atoms with Crippen LogP contribution >= 0.6 is 0 Å². The molecule has 1 saturated heterocycles. The first-order valence-corrected chi connectivity index (χ1v) is 13.5. The van der Waals surface area contributed by atoms with Crippen LogP contribution in [-0.4, -0.2) is 43.5 Å². The number of ketones is 1. The Balaban J connectivity index is 1.28. The number of ether oxygens (including phenoxy) is 1. The number of nitrogens with zero attached hydrogens (tertiary/aromatic N) is 1. The normalized spacial score (nSPS) is 20.6. The summed E-state index contributed by atoms with van der Waals surface area (Å²) in [4.78, 5) is 15.4. The molecule has 6 rings (SSSR count). The topological polar surface area (TPSA) is 29.5 Å². The third kappa shape index (κ3) is 4.70. The van der Waals surface area contributed by atoms with Gasteiger partial charge in [-0.1, -0.05) is 66.2 Å². The molecule has 0 N–H and O–H groups in total. The van der Waals surface area contributed by atoms with Gasteiger partial charge in [0.1, 0.15) is 5.78 Å². The molecule has 0 radical (unpaired) electrons. The van der Waals surface area contributed by atoms with Crippen molar-refractivity contribution in [2.45, 2.75) is 44.9 Å². The fourth-order valence-corrected chi connectivity index (χ4v) is 6.28. The highest BCUT2D eigenvalue weighted by Gasteiger charge is 2.30. The van der Waals surface area contributed by atoms with Crippen LogP contribution in [0, 0.1) is 6.92 Å². The average Bonchev–Trinajstić information content (AvgIpc) is 3.12. The number of morpholine rings is 1. The van der Waals surface area contributed by atoms with Crippen molar-refractivity contribution < 1.29 is 9.53 Å². The number of carbonyl (C=O) groups is 1. The molecule has 0 spiro atoms. The Bertz CT molecular complexity index is 1320. The molecular weight excluding hydrogens is 442 g/mol. The second kappa shape index (κ2) is 10.2. The van der Waals surface area contributed by atoms with Gasteiger partial charge in [-0.25, -0.2) is 0 Å². The summed E-state index contributed by atoms with van der Waals surface area (Å²) in [6.45, 7) is 6.93. The molecule has 3 aromatic rings. The Morgan fingerprint density at radius 3 is 2.61 bits per heavy atom. The van der Waals surface area contributed by atoms with Gasteiger partial charge in [-0.05, 0) is 89.7 Å². The summed E-state index contributed by atoms with van der Waals surface area (Å²) >= 11 is 0. The van der Waals surface area contributed by atoms with E-state index in [-0.39, 0.29) is 5.92 Å². The molecule has 0 amide bonds. The van der Waals surface area contributed by atoms with Gasteiger partial charge in [0, 0.05) is 25.4 Å². The molecule has 0 bridgehead atoms. The summed E-state index contributed by atoms with van der Waals surface area (Å²) in [5.74, 6) is 0.447. The summed E-state index contributed by atoms with van der Waals surface area (Å²) in [6, 6.07) is 22.4. The van der Waals surface area contributed by atoms with Crippen LogP contribution in [0.1, 0.15) is 63.3 Å². The van der Waals surface area contributed by atoms with Crippen LogP contribution in [-0.2, 0) is 28.8 Å². The van der Waals surface area contributed by atoms with Crippen LogP contribution in [0.25, 0.3) is 11.6 Å². The van der Waals surface area contributed by atoms with Crippen molar-refractivity contribution in [1.82, 2.24) is 4.90 Å². The second-order valence-corrected chi connectivity index (χ2v) is 10.6. The van der Waals surface area contributed by atoms with Gasteiger partial charge in [0.05, 0.1) is 13.2 Å². The maximum Gasteiger partial charge on any atom is 0.144 e. The monoisotopic (exact) mass is 477 g/mol. The highest BCUT2D eigenvalue weighted by atomic mass is 16.5. The van der Waals surface area contributed by atoms with Crippen molar-refractivity contribution in [1.29, 1.82) is 0 Å². The fourth-order valence-electron chi connectivity index (χ4n) is 6.28. The van der Waals surface area contributed by atoms with Gasteiger partial charge >= 0.3 is 0 Å². The molecule has 1 heterocycles. The van der Waals surface area contributed by atoms with Crippen LogP contribution in [0.3, 0.4) is 0 Å². The van der Waals surface area contributed by atoms with Crippen molar-refractivity contribution in [3.05, 3.63) is 105 Å². The Morgan fingerprint density at radius 1 is 0.917 bits per heavy atom. The number of hydrogen-bond donors (Lipinski definition) is 0. The van der Waals surface area contributed by atoms with E-state index in [4.69, 9.17) is 4.74 Å². The first kappa shape index (κ1) is 23.4. The van der Waals surface area contributed by atoms with E-state index in [9.17, 15) is 4.79 Å². The molecule has 3 nitrogen and oxygen atoms in total. The van der Waals surface area contributed by atoms with Gasteiger partial charge in [0.2, 0.25) is 0 Å². The van der Waals surface area contributed by atoms with Gasteiger partial charge in [0.25, 0.3) is 0 Å². The maximum absolute atomic E-state index is 13.0. The van der Waals surface area contributed by atoms with Crippen LogP contribution in [0.5, 0.6) is 0 Å². The molecule has 1 atom stereocenters. The molecular formula is C33H35NO2. The van der Waals surface area contributed by atoms with E-state index in [1.807, 2.05) is 0 Å². The first-order valence-electron chi connectivity index (χ1n) is 13.5. The molecule has 3 aliphatic rings. The molecule has 0 aromatic heterocycles. The summed E-state index contributed by atoms with van der Waals surface area (Å²) in [6.07, 6.45) is 7.05. The lowest BCUT2D eigenvalue weighted by Gasteiger charge is -2.26. The number of benzene rings is 3. The quantitative estimate of drug-likeness (QED) is 0.451. The highest BCUT2D eigenvalue weighted by Crippen LogP contribution is 2.38. The number of Topliss-reactive ketones (excluding diaryl/α,β-unsaturated/α-hetero) is 1. The SMILES string of the molecule is Cc1ccc2c(c1)CCc1ccccc1C2=Cc1ccc2c(c1)CC(=O)C2CCCN1CCOCC1. The van der Waals surface area contributed by atoms with E-state index in [1.54, 1.807) is 0 Å². The minimum Gasteiger partial charge on any atom is -0.379 e. The first-order chi connectivity index (χ1) is 17.7. The molecule has 0 saturated carbocycles. The van der Waals surface area contributed by atoms with Gasteiger partial charge in [-0.15, -0.1) is 0 Å².